The Morgan fingerprint density at radius 1 is 1.24 bits per heavy atom. The van der Waals surface area contributed by atoms with Crippen molar-refractivity contribution in [3.8, 4) is 0 Å². The van der Waals surface area contributed by atoms with E-state index in [2.05, 4.69) is 4.98 Å². The predicted molar refractivity (Wildman–Crippen MR) is 84.9 cm³/mol. The highest BCUT2D eigenvalue weighted by atomic mass is 35.5. The van der Waals surface area contributed by atoms with Gasteiger partial charge in [0.15, 0.2) is 5.78 Å². The lowest BCUT2D eigenvalue weighted by atomic mass is 10.1. The lowest BCUT2D eigenvalue weighted by molar-refractivity contribution is 0.0990. The Bertz CT molecular complexity index is 816. The number of para-hydroxylation sites is 2. The maximum absolute atomic E-state index is 12.4. The van der Waals surface area contributed by atoms with E-state index in [1.165, 1.54) is 0 Å². The molecule has 2 aromatic carbocycles. The molecule has 1 aromatic heterocycles. The molecule has 0 aliphatic rings. The van der Waals surface area contributed by atoms with Crippen LogP contribution in [0.5, 0.6) is 0 Å². The molecule has 21 heavy (non-hydrogen) atoms. The molecule has 0 fully saturated rings. The summed E-state index contributed by atoms with van der Waals surface area (Å²) in [6.07, 6.45) is 0.269. The summed E-state index contributed by atoms with van der Waals surface area (Å²) in [5, 5.41) is 0.586. The van der Waals surface area contributed by atoms with Crippen molar-refractivity contribution < 1.29 is 4.79 Å². The minimum Gasteiger partial charge on any atom is -0.331 e. The minimum atomic E-state index is 0.0269. The smallest absolute Gasteiger partial charge is 0.170 e. The Balaban J connectivity index is 1.94. The van der Waals surface area contributed by atoms with E-state index in [9.17, 15) is 4.79 Å². The summed E-state index contributed by atoms with van der Waals surface area (Å²) < 4.78 is 1.96. The standard InChI is InChI=1S/C17H15ClN2O/c1-11-7-12(9-13(18)8-11)16(21)10-17-19-14-5-3-4-6-15(14)20(17)2/h3-9H,10H2,1-2H3. The zero-order valence-corrected chi connectivity index (χ0v) is 12.7. The van der Waals surface area contributed by atoms with E-state index in [0.717, 1.165) is 22.4 Å². The number of fused-ring (bicyclic) bond motifs is 1. The van der Waals surface area contributed by atoms with Gasteiger partial charge in [0.2, 0.25) is 0 Å². The molecule has 3 aromatic rings. The van der Waals surface area contributed by atoms with Crippen LogP contribution in [-0.2, 0) is 13.5 Å². The number of aryl methyl sites for hydroxylation is 2. The van der Waals surface area contributed by atoms with Crippen LogP contribution in [0.3, 0.4) is 0 Å². The van der Waals surface area contributed by atoms with Crippen molar-refractivity contribution in [3.05, 3.63) is 64.4 Å². The zero-order chi connectivity index (χ0) is 15.0. The third-order valence-corrected chi connectivity index (χ3v) is 3.78. The third-order valence-electron chi connectivity index (χ3n) is 3.56. The molecule has 0 saturated heterocycles. The molecule has 3 nitrogen and oxygen atoms in total. The van der Waals surface area contributed by atoms with Crippen LogP contribution in [0, 0.1) is 6.92 Å². The van der Waals surface area contributed by atoms with Gasteiger partial charge in [-0.1, -0.05) is 23.7 Å². The highest BCUT2D eigenvalue weighted by Crippen LogP contribution is 2.18. The number of carbonyl (C=O) groups excluding carboxylic acids is 1. The minimum absolute atomic E-state index is 0.0269. The monoisotopic (exact) mass is 298 g/mol. The van der Waals surface area contributed by atoms with Crippen molar-refractivity contribution in [3.63, 3.8) is 0 Å². The van der Waals surface area contributed by atoms with E-state index in [1.54, 1.807) is 6.07 Å². The van der Waals surface area contributed by atoms with Crippen LogP contribution in [0.1, 0.15) is 21.7 Å². The number of halogens is 1. The van der Waals surface area contributed by atoms with Gasteiger partial charge in [-0.15, -0.1) is 0 Å². The average molecular weight is 299 g/mol. The molecule has 0 amide bonds. The van der Waals surface area contributed by atoms with E-state index in [0.29, 0.717) is 10.6 Å². The summed E-state index contributed by atoms with van der Waals surface area (Å²) in [7, 11) is 1.93. The van der Waals surface area contributed by atoms with Crippen molar-refractivity contribution in [1.82, 2.24) is 9.55 Å². The number of hydrogen-bond donors (Lipinski definition) is 0. The molecular weight excluding hydrogens is 284 g/mol. The molecule has 0 spiro atoms. The molecule has 0 saturated carbocycles. The average Bonchev–Trinajstić information content (AvgIpc) is 2.75. The maximum atomic E-state index is 12.4. The number of rotatable bonds is 3. The Labute approximate surface area is 128 Å². The molecule has 0 N–H and O–H groups in total. The normalized spacial score (nSPS) is 11.0. The Hall–Kier alpha value is -2.13. The van der Waals surface area contributed by atoms with Crippen molar-refractivity contribution in [2.45, 2.75) is 13.3 Å². The number of nitrogens with zero attached hydrogens (tertiary/aromatic N) is 2. The molecule has 0 radical (unpaired) electrons. The SMILES string of the molecule is Cc1cc(Cl)cc(C(=O)Cc2nc3ccccc3n2C)c1. The summed E-state index contributed by atoms with van der Waals surface area (Å²) in [5.41, 5.74) is 3.55. The summed E-state index contributed by atoms with van der Waals surface area (Å²) in [4.78, 5) is 17.0. The van der Waals surface area contributed by atoms with Crippen LogP contribution in [0.2, 0.25) is 5.02 Å². The Morgan fingerprint density at radius 2 is 2.00 bits per heavy atom. The first-order chi connectivity index (χ1) is 10.0. The van der Waals surface area contributed by atoms with Gasteiger partial charge < -0.3 is 4.57 Å². The molecule has 0 aliphatic carbocycles. The second-order valence-corrected chi connectivity index (χ2v) is 5.63. The van der Waals surface area contributed by atoms with Gasteiger partial charge in [-0.2, -0.15) is 0 Å². The van der Waals surface area contributed by atoms with Gasteiger partial charge in [0, 0.05) is 17.6 Å². The predicted octanol–water partition coefficient (Wildman–Crippen LogP) is 3.96. The van der Waals surface area contributed by atoms with Crippen molar-refractivity contribution >= 4 is 28.4 Å². The molecule has 0 aliphatic heterocycles. The number of Topliss-reactive ketones (excluding diaryl/α,β-unsaturated/α-hetero) is 1. The molecule has 1 heterocycles. The van der Waals surface area contributed by atoms with Crippen molar-refractivity contribution in [2.75, 3.05) is 0 Å². The number of carbonyl (C=O) groups is 1. The topological polar surface area (TPSA) is 34.9 Å². The number of aromatic nitrogens is 2. The second-order valence-electron chi connectivity index (χ2n) is 5.19. The molecular formula is C17H15ClN2O. The maximum Gasteiger partial charge on any atom is 0.170 e. The van der Waals surface area contributed by atoms with Crippen LogP contribution in [-0.4, -0.2) is 15.3 Å². The van der Waals surface area contributed by atoms with Crippen molar-refractivity contribution in [2.24, 2.45) is 7.05 Å². The molecule has 0 bridgehead atoms. The third kappa shape index (κ3) is 2.69. The highest BCUT2D eigenvalue weighted by Gasteiger charge is 2.14. The van der Waals surface area contributed by atoms with Gasteiger partial charge in [-0.25, -0.2) is 4.98 Å². The molecule has 0 unspecified atom stereocenters. The van der Waals surface area contributed by atoms with E-state index >= 15 is 0 Å². The highest BCUT2D eigenvalue weighted by molar-refractivity contribution is 6.31. The lowest BCUT2D eigenvalue weighted by Gasteiger charge is -2.04. The quantitative estimate of drug-likeness (QED) is 0.686. The summed E-state index contributed by atoms with van der Waals surface area (Å²) in [6.45, 7) is 1.93. The van der Waals surface area contributed by atoms with Crippen LogP contribution in [0.25, 0.3) is 11.0 Å². The first-order valence-corrected chi connectivity index (χ1v) is 7.13. The molecule has 106 valence electrons. The van der Waals surface area contributed by atoms with Gasteiger partial charge in [0.25, 0.3) is 0 Å². The van der Waals surface area contributed by atoms with Gasteiger partial charge in [-0.3, -0.25) is 4.79 Å². The molecule has 4 heteroatoms. The van der Waals surface area contributed by atoms with Crippen molar-refractivity contribution in [1.29, 1.82) is 0 Å². The zero-order valence-electron chi connectivity index (χ0n) is 11.9. The lowest BCUT2D eigenvalue weighted by Crippen LogP contribution is -2.08. The molecule has 0 atom stereocenters. The largest absolute Gasteiger partial charge is 0.331 e. The number of ketones is 1. The fourth-order valence-electron chi connectivity index (χ4n) is 2.50. The van der Waals surface area contributed by atoms with E-state index in [1.807, 2.05) is 54.9 Å². The summed E-state index contributed by atoms with van der Waals surface area (Å²) >= 11 is 6.02. The first-order valence-electron chi connectivity index (χ1n) is 6.75. The number of imidazole rings is 1. The van der Waals surface area contributed by atoms with Gasteiger partial charge in [-0.05, 0) is 42.8 Å². The van der Waals surface area contributed by atoms with E-state index in [4.69, 9.17) is 11.6 Å². The fourth-order valence-corrected chi connectivity index (χ4v) is 2.79. The summed E-state index contributed by atoms with van der Waals surface area (Å²) in [6, 6.07) is 13.3. The fraction of sp³-hybridized carbons (Fsp3) is 0.176. The molecule has 3 rings (SSSR count). The van der Waals surface area contributed by atoms with Gasteiger partial charge in [0.05, 0.1) is 17.5 Å². The van der Waals surface area contributed by atoms with Gasteiger partial charge in [0.1, 0.15) is 5.82 Å². The summed E-state index contributed by atoms with van der Waals surface area (Å²) in [5.74, 6) is 0.790. The van der Waals surface area contributed by atoms with Crippen LogP contribution >= 0.6 is 11.6 Å². The van der Waals surface area contributed by atoms with E-state index < -0.39 is 0 Å². The van der Waals surface area contributed by atoms with Gasteiger partial charge >= 0.3 is 0 Å². The Kier molecular flexibility index (Phi) is 3.52. The van der Waals surface area contributed by atoms with Crippen LogP contribution in [0.15, 0.2) is 42.5 Å². The Morgan fingerprint density at radius 3 is 2.71 bits per heavy atom. The number of benzene rings is 2. The first kappa shape index (κ1) is 13.8. The van der Waals surface area contributed by atoms with E-state index in [-0.39, 0.29) is 12.2 Å². The number of hydrogen-bond acceptors (Lipinski definition) is 2. The van der Waals surface area contributed by atoms with Crippen LogP contribution < -0.4 is 0 Å². The second kappa shape index (κ2) is 5.34. The van der Waals surface area contributed by atoms with Crippen LogP contribution in [0.4, 0.5) is 0 Å².